The molecule has 0 spiro atoms. The summed E-state index contributed by atoms with van der Waals surface area (Å²) in [4.78, 5) is 6.89. The summed E-state index contributed by atoms with van der Waals surface area (Å²) in [5, 5.41) is 7.58. The van der Waals surface area contributed by atoms with E-state index in [-0.39, 0.29) is 18.4 Å². The van der Waals surface area contributed by atoms with Crippen molar-refractivity contribution in [3.05, 3.63) is 35.2 Å². The number of nitrogens with zero attached hydrogens (tertiary/aromatic N) is 3. The van der Waals surface area contributed by atoms with Crippen molar-refractivity contribution in [1.29, 1.82) is 0 Å². The van der Waals surface area contributed by atoms with Gasteiger partial charge < -0.3 is 9.84 Å². The van der Waals surface area contributed by atoms with Crippen LogP contribution < -0.4 is 5.32 Å². The molecule has 22 heavy (non-hydrogen) atoms. The molecule has 2 aliphatic rings. The fourth-order valence-corrected chi connectivity index (χ4v) is 3.29. The van der Waals surface area contributed by atoms with Gasteiger partial charge in [-0.15, -0.1) is 12.4 Å². The molecule has 1 fully saturated rings. The lowest BCUT2D eigenvalue weighted by molar-refractivity contribution is 0.190. The van der Waals surface area contributed by atoms with Gasteiger partial charge in [-0.3, -0.25) is 4.90 Å². The molecule has 1 unspecified atom stereocenters. The van der Waals surface area contributed by atoms with E-state index >= 15 is 0 Å². The highest BCUT2D eigenvalue weighted by atomic mass is 35.5. The van der Waals surface area contributed by atoms with Gasteiger partial charge in [0.2, 0.25) is 0 Å². The molecule has 118 valence electrons. The summed E-state index contributed by atoms with van der Waals surface area (Å²) in [5.74, 6) is 1.42. The molecule has 2 heterocycles. The molecule has 0 bridgehead atoms. The van der Waals surface area contributed by atoms with Crippen molar-refractivity contribution in [2.45, 2.75) is 25.3 Å². The van der Waals surface area contributed by atoms with E-state index in [0.717, 1.165) is 31.0 Å². The molecule has 2 aromatic rings. The average molecular weight is 321 g/mol. The molecular formula is C16H21ClN4O. The molecular weight excluding hydrogens is 300 g/mol. The maximum absolute atomic E-state index is 5.50. The van der Waals surface area contributed by atoms with Crippen LogP contribution in [0.15, 0.2) is 22.7 Å². The quantitative estimate of drug-likeness (QED) is 0.919. The van der Waals surface area contributed by atoms with Crippen molar-refractivity contribution < 1.29 is 4.52 Å². The highest BCUT2D eigenvalue weighted by Gasteiger charge is 2.25. The first-order valence-electron chi connectivity index (χ1n) is 7.68. The van der Waals surface area contributed by atoms with Crippen LogP contribution in [-0.2, 0) is 12.8 Å². The molecule has 5 nitrogen and oxygen atoms in total. The Bertz CT molecular complexity index is 657. The molecule has 1 atom stereocenters. The van der Waals surface area contributed by atoms with Gasteiger partial charge in [0, 0.05) is 25.2 Å². The van der Waals surface area contributed by atoms with Crippen molar-refractivity contribution in [2.24, 2.45) is 0 Å². The minimum Gasteiger partial charge on any atom is -0.334 e. The van der Waals surface area contributed by atoms with E-state index in [1.54, 1.807) is 0 Å². The van der Waals surface area contributed by atoms with Crippen molar-refractivity contribution >= 4 is 12.4 Å². The van der Waals surface area contributed by atoms with Gasteiger partial charge in [0.15, 0.2) is 5.82 Å². The number of aromatic nitrogens is 2. The van der Waals surface area contributed by atoms with Gasteiger partial charge in [0.25, 0.3) is 5.89 Å². The lowest BCUT2D eigenvalue weighted by Crippen LogP contribution is -2.44. The van der Waals surface area contributed by atoms with E-state index in [2.05, 4.69) is 45.6 Å². The van der Waals surface area contributed by atoms with Crippen molar-refractivity contribution in [2.75, 3.05) is 26.7 Å². The van der Waals surface area contributed by atoms with E-state index in [1.165, 1.54) is 30.4 Å². The molecule has 1 saturated heterocycles. The number of fused-ring (bicyclic) bond motifs is 1. The SMILES string of the molecule is CN1CCNCC1c1noc(-c2ccc3c(c2)CCC3)n1.Cl. The van der Waals surface area contributed by atoms with Crippen LogP contribution in [0.2, 0.25) is 0 Å². The van der Waals surface area contributed by atoms with Crippen LogP contribution in [0.1, 0.15) is 29.4 Å². The van der Waals surface area contributed by atoms with E-state index in [1.807, 2.05) is 0 Å². The van der Waals surface area contributed by atoms with Gasteiger partial charge in [0.1, 0.15) is 0 Å². The van der Waals surface area contributed by atoms with Crippen LogP contribution in [0.3, 0.4) is 0 Å². The van der Waals surface area contributed by atoms with Crippen molar-refractivity contribution in [1.82, 2.24) is 20.4 Å². The summed E-state index contributed by atoms with van der Waals surface area (Å²) in [6.45, 7) is 2.90. The molecule has 1 aromatic carbocycles. The third-order valence-corrected chi connectivity index (χ3v) is 4.60. The third kappa shape index (κ3) is 2.76. The van der Waals surface area contributed by atoms with Crippen LogP contribution in [0.4, 0.5) is 0 Å². The molecule has 6 heteroatoms. The Balaban J connectivity index is 0.00000144. The number of rotatable bonds is 2. The fourth-order valence-electron chi connectivity index (χ4n) is 3.29. The van der Waals surface area contributed by atoms with Gasteiger partial charge >= 0.3 is 0 Å². The largest absolute Gasteiger partial charge is 0.334 e. The van der Waals surface area contributed by atoms with Gasteiger partial charge in [0.05, 0.1) is 6.04 Å². The van der Waals surface area contributed by atoms with E-state index in [9.17, 15) is 0 Å². The van der Waals surface area contributed by atoms with E-state index in [0.29, 0.717) is 5.89 Å². The lowest BCUT2D eigenvalue weighted by Gasteiger charge is -2.30. The molecule has 1 aliphatic carbocycles. The number of benzene rings is 1. The zero-order valence-electron chi connectivity index (χ0n) is 12.7. The molecule has 1 aromatic heterocycles. The van der Waals surface area contributed by atoms with Crippen molar-refractivity contribution in [3.8, 4) is 11.5 Å². The number of aryl methyl sites for hydroxylation is 2. The summed E-state index contributed by atoms with van der Waals surface area (Å²) in [6.07, 6.45) is 3.62. The summed E-state index contributed by atoms with van der Waals surface area (Å²) in [5.41, 5.74) is 3.94. The zero-order chi connectivity index (χ0) is 14.2. The first kappa shape index (κ1) is 15.5. The minimum atomic E-state index is 0. The van der Waals surface area contributed by atoms with Crippen molar-refractivity contribution in [3.63, 3.8) is 0 Å². The second-order valence-corrected chi connectivity index (χ2v) is 6.00. The summed E-state index contributed by atoms with van der Waals surface area (Å²) in [6, 6.07) is 6.72. The Hall–Kier alpha value is -1.43. The van der Waals surface area contributed by atoms with Crippen LogP contribution in [0, 0.1) is 0 Å². The maximum Gasteiger partial charge on any atom is 0.257 e. The van der Waals surface area contributed by atoms with Crippen LogP contribution in [0.25, 0.3) is 11.5 Å². The number of likely N-dealkylation sites (N-methyl/N-ethyl adjacent to an activating group) is 1. The summed E-state index contributed by atoms with van der Waals surface area (Å²) in [7, 11) is 2.11. The van der Waals surface area contributed by atoms with Crippen LogP contribution in [0.5, 0.6) is 0 Å². The monoisotopic (exact) mass is 320 g/mol. The molecule has 0 saturated carbocycles. The third-order valence-electron chi connectivity index (χ3n) is 4.60. The van der Waals surface area contributed by atoms with Gasteiger partial charge in [-0.2, -0.15) is 4.98 Å². The molecule has 1 aliphatic heterocycles. The Kier molecular flexibility index (Phi) is 4.47. The number of piperazine rings is 1. The molecule has 1 N–H and O–H groups in total. The Morgan fingerprint density at radius 1 is 1.27 bits per heavy atom. The van der Waals surface area contributed by atoms with Crippen LogP contribution in [-0.4, -0.2) is 41.7 Å². The van der Waals surface area contributed by atoms with E-state index < -0.39 is 0 Å². The maximum atomic E-state index is 5.50. The predicted octanol–water partition coefficient (Wildman–Crippen LogP) is 2.22. The smallest absolute Gasteiger partial charge is 0.257 e. The molecule has 4 rings (SSSR count). The fraction of sp³-hybridized carbons (Fsp3) is 0.500. The standard InChI is InChI=1S/C16H20N4O.ClH/c1-20-8-7-17-10-14(20)15-18-16(21-19-15)13-6-5-11-3-2-4-12(11)9-13;/h5-6,9,14,17H,2-4,7-8,10H2,1H3;1H. The Morgan fingerprint density at radius 3 is 3.00 bits per heavy atom. The number of hydrogen-bond donors (Lipinski definition) is 1. The lowest BCUT2D eigenvalue weighted by atomic mass is 10.1. The normalized spacial score (nSPS) is 21.4. The number of hydrogen-bond acceptors (Lipinski definition) is 5. The highest BCUT2D eigenvalue weighted by Crippen LogP contribution is 2.28. The van der Waals surface area contributed by atoms with Gasteiger partial charge in [-0.05, 0) is 49.6 Å². The van der Waals surface area contributed by atoms with Gasteiger partial charge in [-0.25, -0.2) is 0 Å². The van der Waals surface area contributed by atoms with Crippen LogP contribution >= 0.6 is 12.4 Å². The summed E-state index contributed by atoms with van der Waals surface area (Å²) >= 11 is 0. The van der Waals surface area contributed by atoms with E-state index in [4.69, 9.17) is 4.52 Å². The topological polar surface area (TPSA) is 54.2 Å². The second-order valence-electron chi connectivity index (χ2n) is 6.00. The predicted molar refractivity (Wildman–Crippen MR) is 87.2 cm³/mol. The average Bonchev–Trinajstić information content (AvgIpc) is 3.16. The minimum absolute atomic E-state index is 0. The zero-order valence-corrected chi connectivity index (χ0v) is 13.5. The summed E-state index contributed by atoms with van der Waals surface area (Å²) < 4.78 is 5.50. The number of halogens is 1. The molecule has 0 radical (unpaired) electrons. The first-order chi connectivity index (χ1) is 10.3. The Labute approximate surface area is 136 Å². The molecule has 0 amide bonds. The van der Waals surface area contributed by atoms with Gasteiger partial charge in [-0.1, -0.05) is 11.2 Å². The second kappa shape index (κ2) is 6.36. The number of nitrogens with one attached hydrogen (secondary N) is 1. The highest BCUT2D eigenvalue weighted by molar-refractivity contribution is 5.85. The first-order valence-corrected chi connectivity index (χ1v) is 7.68. The Morgan fingerprint density at radius 2 is 2.14 bits per heavy atom.